The average molecular weight is 406 g/mol. The summed E-state index contributed by atoms with van der Waals surface area (Å²) >= 11 is 4.65. The predicted molar refractivity (Wildman–Crippen MR) is 92.9 cm³/mol. The van der Waals surface area contributed by atoms with E-state index in [0.717, 1.165) is 6.92 Å². The predicted octanol–water partition coefficient (Wildman–Crippen LogP) is -2.78. The van der Waals surface area contributed by atoms with Gasteiger partial charge >= 0.3 is 0 Å². The maximum Gasteiger partial charge on any atom is 0.203 e. The average Bonchev–Trinajstić information content (AvgIpc) is 2.56. The fraction of sp³-hybridized carbons (Fsp3) is 0.625. The molecule has 5 N–H and O–H groups in total. The van der Waals surface area contributed by atoms with E-state index in [2.05, 4.69) is 12.2 Å². The molecule has 0 amide bonds. The summed E-state index contributed by atoms with van der Waals surface area (Å²) in [6.45, 7) is 1.33. The van der Waals surface area contributed by atoms with Crippen molar-refractivity contribution < 1.29 is 49.5 Å². The first kappa shape index (κ1) is 25.2. The lowest BCUT2D eigenvalue weighted by Crippen LogP contribution is -2.85. The molecule has 10 nitrogen and oxygen atoms in total. The molecule has 0 aromatic heterocycles. The summed E-state index contributed by atoms with van der Waals surface area (Å²) in [6.07, 6.45) is 0. The lowest BCUT2D eigenvalue weighted by atomic mass is 9.57. The van der Waals surface area contributed by atoms with Crippen LogP contribution in [0.1, 0.15) is 34.6 Å². The number of carbonyl (C=O) groups excluding carboxylic acids is 5. The highest BCUT2D eigenvalue weighted by Crippen LogP contribution is 2.43. The van der Waals surface area contributed by atoms with Gasteiger partial charge in [-0.15, -0.1) is 0 Å². The number of rotatable bonds is 10. The normalized spacial score (nSPS) is 20.2. The molecule has 0 aromatic rings. The minimum atomic E-state index is -4.00. The van der Waals surface area contributed by atoms with E-state index in [-0.39, 0.29) is 0 Å². The smallest absolute Gasteiger partial charge is 0.203 e. The molecule has 0 saturated heterocycles. The quantitative estimate of drug-likeness (QED) is 0.236. The van der Waals surface area contributed by atoms with E-state index in [4.69, 9.17) is 0 Å². The van der Waals surface area contributed by atoms with Crippen LogP contribution >= 0.6 is 12.2 Å². The fourth-order valence-electron chi connectivity index (χ4n) is 2.93. The van der Waals surface area contributed by atoms with E-state index < -0.39 is 62.8 Å². The molecule has 0 aliphatic carbocycles. The summed E-state index contributed by atoms with van der Waals surface area (Å²) in [5.74, 6) is -7.55. The molecule has 4 atom stereocenters. The van der Waals surface area contributed by atoms with Crippen molar-refractivity contribution in [1.29, 1.82) is 0 Å². The van der Waals surface area contributed by atoms with E-state index >= 15 is 0 Å². The monoisotopic (exact) mass is 406 g/mol. The van der Waals surface area contributed by atoms with Gasteiger partial charge in [-0.2, -0.15) is 0 Å². The first-order valence-corrected chi connectivity index (χ1v) is 7.95. The minimum Gasteiger partial charge on any atom is -0.393 e. The van der Waals surface area contributed by atoms with Gasteiger partial charge in [-0.05, 0) is 34.6 Å². The highest BCUT2D eigenvalue weighted by Gasteiger charge is 2.78. The van der Waals surface area contributed by atoms with Crippen LogP contribution < -0.4 is 0 Å². The van der Waals surface area contributed by atoms with Gasteiger partial charge in [0.15, 0.2) is 34.5 Å². The third kappa shape index (κ3) is 3.10. The number of aliphatic hydroxyl groups is 5. The highest BCUT2D eigenvalue weighted by atomic mass is 32.1. The van der Waals surface area contributed by atoms with Crippen molar-refractivity contribution in [2.45, 2.75) is 57.0 Å². The van der Waals surface area contributed by atoms with Crippen molar-refractivity contribution in [3.05, 3.63) is 0 Å². The van der Waals surface area contributed by atoms with E-state index in [0.29, 0.717) is 27.7 Å². The summed E-state index contributed by atoms with van der Waals surface area (Å²) in [7, 11) is 0. The first-order valence-electron chi connectivity index (χ1n) is 7.54. The lowest BCUT2D eigenvalue weighted by Gasteiger charge is -2.52. The second-order valence-corrected chi connectivity index (χ2v) is 6.67. The maximum atomic E-state index is 12.3. The van der Waals surface area contributed by atoms with Crippen LogP contribution in [0, 0.1) is 0 Å². The second kappa shape index (κ2) is 7.70. The molecule has 0 saturated carbocycles. The minimum absolute atomic E-state index is 0.516. The topological polar surface area (TPSA) is 186 Å². The Kier molecular flexibility index (Phi) is 7.20. The van der Waals surface area contributed by atoms with E-state index in [1.54, 1.807) is 0 Å². The van der Waals surface area contributed by atoms with Gasteiger partial charge in [0.1, 0.15) is 4.86 Å². The molecule has 0 unspecified atom stereocenters. The molecular weight excluding hydrogens is 384 g/mol. The van der Waals surface area contributed by atoms with Crippen LogP contribution in [0.15, 0.2) is 0 Å². The highest BCUT2D eigenvalue weighted by molar-refractivity contribution is 7.82. The number of hydrogen-bond acceptors (Lipinski definition) is 11. The molecule has 152 valence electrons. The standard InChI is InChI=1S/C16H22O10S/c1-7(18)12(27)14(24,9(3)20)16(26,11(5)22)15(25,10(4)21)13(23,6-17)8(2)19/h17,23-26H,6H2,1-5H3/t13-,14-,15+,16+/m0/s1. The van der Waals surface area contributed by atoms with Crippen LogP contribution in [-0.2, 0) is 24.0 Å². The number of carbonyl (C=O) groups is 5. The van der Waals surface area contributed by atoms with Crippen molar-refractivity contribution in [1.82, 2.24) is 0 Å². The maximum absolute atomic E-state index is 12.3. The zero-order valence-electron chi connectivity index (χ0n) is 15.4. The summed E-state index contributed by atoms with van der Waals surface area (Å²) in [5, 5.41) is 52.8. The van der Waals surface area contributed by atoms with E-state index in [1.807, 2.05) is 0 Å². The Morgan fingerprint density at radius 3 is 1.26 bits per heavy atom. The molecule has 0 spiro atoms. The fourth-order valence-corrected chi connectivity index (χ4v) is 3.22. The third-order valence-corrected chi connectivity index (χ3v) is 5.22. The Labute approximate surface area is 159 Å². The van der Waals surface area contributed by atoms with Gasteiger partial charge in [0.05, 0.1) is 6.61 Å². The van der Waals surface area contributed by atoms with Crippen molar-refractivity contribution in [3.63, 3.8) is 0 Å². The number of ketones is 5. The second-order valence-electron chi connectivity index (χ2n) is 6.26. The molecule has 0 radical (unpaired) electrons. The summed E-state index contributed by atoms with van der Waals surface area (Å²) < 4.78 is 0. The molecular formula is C16H22O10S. The Bertz CT molecular complexity index is 731. The molecule has 0 heterocycles. The van der Waals surface area contributed by atoms with E-state index in [1.165, 1.54) is 0 Å². The number of Topliss-reactive ketones (excluding diaryl/α,β-unsaturated/α-hetero) is 5. The first-order chi connectivity index (χ1) is 11.9. The van der Waals surface area contributed by atoms with Gasteiger partial charge in [0.25, 0.3) is 0 Å². The van der Waals surface area contributed by atoms with Crippen LogP contribution in [0.4, 0.5) is 0 Å². The third-order valence-electron chi connectivity index (χ3n) is 4.63. The molecule has 0 aliphatic rings. The Morgan fingerprint density at radius 2 is 1.07 bits per heavy atom. The summed E-state index contributed by atoms with van der Waals surface area (Å²) in [6, 6.07) is 0. The molecule has 0 aliphatic heterocycles. The molecule has 11 heteroatoms. The number of aliphatic hydroxyl groups excluding tert-OH is 1. The van der Waals surface area contributed by atoms with Gasteiger partial charge in [0.2, 0.25) is 16.8 Å². The van der Waals surface area contributed by atoms with E-state index in [9.17, 15) is 49.5 Å². The van der Waals surface area contributed by atoms with Crippen LogP contribution in [-0.4, -0.2) is 88.3 Å². The molecule has 0 aromatic carbocycles. The van der Waals surface area contributed by atoms with Gasteiger partial charge in [-0.25, -0.2) is 0 Å². The Balaban J connectivity index is 7.62. The zero-order valence-corrected chi connectivity index (χ0v) is 16.2. The van der Waals surface area contributed by atoms with Crippen molar-refractivity contribution >= 4 is 46.0 Å². The van der Waals surface area contributed by atoms with Gasteiger partial charge in [-0.3, -0.25) is 24.0 Å². The Hall–Kier alpha value is -1.76. The Morgan fingerprint density at radius 1 is 0.704 bits per heavy atom. The summed E-state index contributed by atoms with van der Waals surface area (Å²) in [5.41, 5.74) is -15.2. The lowest BCUT2D eigenvalue weighted by molar-refractivity contribution is -0.258. The van der Waals surface area contributed by atoms with Crippen LogP contribution in [0.5, 0.6) is 0 Å². The number of thiocarbonyl (C=S) groups is 1. The van der Waals surface area contributed by atoms with Gasteiger partial charge in [-0.1, -0.05) is 12.2 Å². The molecule has 0 bridgehead atoms. The van der Waals surface area contributed by atoms with Crippen LogP contribution in [0.2, 0.25) is 0 Å². The van der Waals surface area contributed by atoms with Crippen molar-refractivity contribution in [3.8, 4) is 0 Å². The zero-order chi connectivity index (χ0) is 22.2. The molecule has 27 heavy (non-hydrogen) atoms. The van der Waals surface area contributed by atoms with Crippen LogP contribution in [0.3, 0.4) is 0 Å². The van der Waals surface area contributed by atoms with Gasteiger partial charge < -0.3 is 25.5 Å². The molecule has 0 fully saturated rings. The van der Waals surface area contributed by atoms with Gasteiger partial charge in [0, 0.05) is 0 Å². The molecule has 0 rings (SSSR count). The largest absolute Gasteiger partial charge is 0.393 e. The van der Waals surface area contributed by atoms with Crippen molar-refractivity contribution in [2.75, 3.05) is 6.61 Å². The summed E-state index contributed by atoms with van der Waals surface area (Å²) in [4.78, 5) is 59.1. The SMILES string of the molecule is CC(=O)C(=S)[C@@](O)(C(C)=O)[C@](O)(C(C)=O)[C@@](O)(C(C)=O)[C@](O)(CO)C(C)=O. The van der Waals surface area contributed by atoms with Crippen LogP contribution in [0.25, 0.3) is 0 Å². The number of hydrogen-bond donors (Lipinski definition) is 5. The van der Waals surface area contributed by atoms with Crippen molar-refractivity contribution in [2.24, 2.45) is 0 Å².